The zero-order chi connectivity index (χ0) is 19.9. The number of benzene rings is 1. The van der Waals surface area contributed by atoms with Gasteiger partial charge in [0.15, 0.2) is 15.3 Å². The number of rotatable bonds is 2. The fraction of sp³-hybridized carbons (Fsp3) is 0.273. The monoisotopic (exact) mass is 376 g/mol. The molecule has 0 bridgehead atoms. The molecule has 27 heavy (non-hydrogen) atoms. The number of hydrogen-bond donors (Lipinski definition) is 0. The van der Waals surface area contributed by atoms with E-state index in [1.807, 2.05) is 36.5 Å². The SMILES string of the molecule is CC(C)(C)S(=O)(=O)c1ccc(C2=CC3=CC=CC=CC3C2(C#N)C#N)cc1. The van der Waals surface area contributed by atoms with Crippen molar-refractivity contribution in [3.63, 3.8) is 0 Å². The van der Waals surface area contributed by atoms with Crippen molar-refractivity contribution in [1.82, 2.24) is 0 Å². The lowest BCUT2D eigenvalue weighted by Gasteiger charge is -2.23. The summed E-state index contributed by atoms with van der Waals surface area (Å²) in [7, 11) is -3.46. The Morgan fingerprint density at radius 3 is 2.19 bits per heavy atom. The maximum absolute atomic E-state index is 12.6. The average molecular weight is 376 g/mol. The highest BCUT2D eigenvalue weighted by Gasteiger charge is 2.48. The molecule has 2 aliphatic carbocycles. The summed E-state index contributed by atoms with van der Waals surface area (Å²) in [4.78, 5) is 0.230. The molecule has 0 fully saturated rings. The van der Waals surface area contributed by atoms with E-state index in [-0.39, 0.29) is 10.8 Å². The predicted octanol–water partition coefficient (Wildman–Crippen LogP) is 4.36. The lowest BCUT2D eigenvalue weighted by molar-refractivity contribution is 0.560. The Morgan fingerprint density at radius 1 is 1.00 bits per heavy atom. The molecule has 1 atom stereocenters. The van der Waals surface area contributed by atoms with Crippen LogP contribution < -0.4 is 0 Å². The first kappa shape index (κ1) is 18.9. The summed E-state index contributed by atoms with van der Waals surface area (Å²) in [5, 5.41) is 19.8. The van der Waals surface area contributed by atoms with Gasteiger partial charge in [-0.05, 0) is 49.6 Å². The van der Waals surface area contributed by atoms with Gasteiger partial charge in [0, 0.05) is 5.92 Å². The summed E-state index contributed by atoms with van der Waals surface area (Å²) in [6, 6.07) is 10.9. The molecule has 0 radical (unpaired) electrons. The molecule has 1 aromatic carbocycles. The summed E-state index contributed by atoms with van der Waals surface area (Å²) in [5.41, 5.74) is 0.837. The van der Waals surface area contributed by atoms with Crippen molar-refractivity contribution in [2.75, 3.05) is 0 Å². The van der Waals surface area contributed by atoms with Gasteiger partial charge in [-0.15, -0.1) is 0 Å². The number of hydrogen-bond acceptors (Lipinski definition) is 4. The van der Waals surface area contributed by atoms with E-state index >= 15 is 0 Å². The predicted molar refractivity (Wildman–Crippen MR) is 105 cm³/mol. The van der Waals surface area contributed by atoms with Crippen molar-refractivity contribution in [2.45, 2.75) is 30.4 Å². The van der Waals surface area contributed by atoms with Crippen LogP contribution in [-0.2, 0) is 9.84 Å². The summed E-state index contributed by atoms with van der Waals surface area (Å²) in [5.74, 6) is -0.351. The van der Waals surface area contributed by atoms with E-state index in [1.165, 1.54) is 0 Å². The van der Waals surface area contributed by atoms with Crippen LogP contribution >= 0.6 is 0 Å². The van der Waals surface area contributed by atoms with E-state index in [9.17, 15) is 18.9 Å². The van der Waals surface area contributed by atoms with Crippen LogP contribution in [0.4, 0.5) is 0 Å². The summed E-state index contributed by atoms with van der Waals surface area (Å²) in [6.07, 6.45) is 11.2. The van der Waals surface area contributed by atoms with Gasteiger partial charge in [-0.2, -0.15) is 10.5 Å². The highest BCUT2D eigenvalue weighted by Crippen LogP contribution is 2.51. The van der Waals surface area contributed by atoms with Crippen molar-refractivity contribution in [1.29, 1.82) is 10.5 Å². The van der Waals surface area contributed by atoms with Crippen LogP contribution in [0.25, 0.3) is 5.57 Å². The zero-order valence-electron chi connectivity index (χ0n) is 15.5. The van der Waals surface area contributed by atoms with Crippen molar-refractivity contribution in [3.05, 3.63) is 71.9 Å². The molecule has 136 valence electrons. The minimum atomic E-state index is -3.46. The Bertz CT molecular complexity index is 1070. The Morgan fingerprint density at radius 2 is 1.63 bits per heavy atom. The van der Waals surface area contributed by atoms with E-state index in [1.54, 1.807) is 45.0 Å². The van der Waals surface area contributed by atoms with Gasteiger partial charge < -0.3 is 0 Å². The summed E-state index contributed by atoms with van der Waals surface area (Å²) < 4.78 is 24.3. The average Bonchev–Trinajstić information content (AvgIpc) is 2.77. The second-order valence-corrected chi connectivity index (χ2v) is 10.3. The molecule has 0 heterocycles. The second kappa shape index (κ2) is 6.37. The smallest absolute Gasteiger partial charge is 0.183 e. The molecule has 0 amide bonds. The molecule has 0 N–H and O–H groups in total. The van der Waals surface area contributed by atoms with Gasteiger partial charge >= 0.3 is 0 Å². The lowest BCUT2D eigenvalue weighted by Crippen LogP contribution is -2.28. The van der Waals surface area contributed by atoms with Crippen molar-refractivity contribution >= 4 is 15.4 Å². The van der Waals surface area contributed by atoms with E-state index < -0.39 is 20.0 Å². The Labute approximate surface area is 160 Å². The van der Waals surface area contributed by atoms with Crippen molar-refractivity contribution in [3.8, 4) is 12.1 Å². The maximum atomic E-state index is 12.6. The molecule has 0 spiro atoms. The molecule has 1 aromatic rings. The van der Waals surface area contributed by atoms with Gasteiger partial charge in [0.1, 0.15) is 0 Å². The standard InChI is InChI=1S/C22H20N2O2S/c1-21(2,3)27(25,26)18-11-9-16(10-12-18)20-13-17-7-5-4-6-8-19(17)22(20,14-23)15-24/h4-13,19H,1-3H3. The highest BCUT2D eigenvalue weighted by molar-refractivity contribution is 7.92. The molecule has 5 heteroatoms. The van der Waals surface area contributed by atoms with Crippen LogP contribution in [0.15, 0.2) is 71.2 Å². The third-order valence-corrected chi connectivity index (χ3v) is 7.52. The zero-order valence-corrected chi connectivity index (χ0v) is 16.3. The molecule has 0 saturated carbocycles. The van der Waals surface area contributed by atoms with Crippen LogP contribution in [0.1, 0.15) is 26.3 Å². The number of sulfone groups is 1. The van der Waals surface area contributed by atoms with Gasteiger partial charge in [-0.1, -0.05) is 48.6 Å². The van der Waals surface area contributed by atoms with Gasteiger partial charge in [-0.25, -0.2) is 8.42 Å². The van der Waals surface area contributed by atoms with Crippen LogP contribution in [0.3, 0.4) is 0 Å². The fourth-order valence-electron chi connectivity index (χ4n) is 3.36. The Hall–Kier alpha value is -2.89. The number of fused-ring (bicyclic) bond motifs is 1. The Kier molecular flexibility index (Phi) is 4.46. The van der Waals surface area contributed by atoms with Crippen LogP contribution in [0.5, 0.6) is 0 Å². The summed E-state index contributed by atoms with van der Waals surface area (Å²) >= 11 is 0. The molecule has 0 aliphatic heterocycles. The first-order valence-electron chi connectivity index (χ1n) is 8.62. The molecular weight excluding hydrogens is 356 g/mol. The fourth-order valence-corrected chi connectivity index (χ4v) is 4.57. The van der Waals surface area contributed by atoms with E-state index in [0.29, 0.717) is 11.1 Å². The molecule has 0 saturated heterocycles. The third kappa shape index (κ3) is 2.85. The largest absolute Gasteiger partial charge is 0.223 e. The van der Waals surface area contributed by atoms with Gasteiger partial charge in [-0.3, -0.25) is 0 Å². The highest BCUT2D eigenvalue weighted by atomic mass is 32.2. The molecule has 4 nitrogen and oxygen atoms in total. The van der Waals surface area contributed by atoms with E-state index in [0.717, 1.165) is 5.57 Å². The molecule has 3 rings (SSSR count). The van der Waals surface area contributed by atoms with Gasteiger partial charge in [0.2, 0.25) is 0 Å². The first-order chi connectivity index (χ1) is 12.7. The van der Waals surface area contributed by atoms with Gasteiger partial charge in [0.05, 0.1) is 21.8 Å². The quantitative estimate of drug-likeness (QED) is 0.768. The maximum Gasteiger partial charge on any atom is 0.183 e. The number of allylic oxidation sites excluding steroid dienone is 8. The number of nitriles is 2. The van der Waals surface area contributed by atoms with Gasteiger partial charge in [0.25, 0.3) is 0 Å². The topological polar surface area (TPSA) is 81.7 Å². The van der Waals surface area contributed by atoms with E-state index in [4.69, 9.17) is 0 Å². The summed E-state index contributed by atoms with van der Waals surface area (Å²) in [6.45, 7) is 4.98. The second-order valence-electron chi connectivity index (χ2n) is 7.64. The normalized spacial score (nSPS) is 20.7. The van der Waals surface area contributed by atoms with Crippen LogP contribution in [0, 0.1) is 34.0 Å². The van der Waals surface area contributed by atoms with Crippen molar-refractivity contribution < 1.29 is 8.42 Å². The van der Waals surface area contributed by atoms with Crippen molar-refractivity contribution in [2.24, 2.45) is 11.3 Å². The first-order valence-corrected chi connectivity index (χ1v) is 10.1. The molecule has 0 aromatic heterocycles. The minimum absolute atomic E-state index is 0.230. The van der Waals surface area contributed by atoms with E-state index in [2.05, 4.69) is 12.1 Å². The number of nitrogens with zero attached hydrogens (tertiary/aromatic N) is 2. The lowest BCUT2D eigenvalue weighted by atomic mass is 9.73. The minimum Gasteiger partial charge on any atom is -0.223 e. The molecular formula is C22H20N2O2S. The molecule has 2 aliphatic rings. The molecule has 1 unspecified atom stereocenters. The van der Waals surface area contributed by atoms with Crippen LogP contribution in [0.2, 0.25) is 0 Å². The Balaban J connectivity index is 2.11. The third-order valence-electron chi connectivity index (χ3n) is 5.01. The van der Waals surface area contributed by atoms with Crippen LogP contribution in [-0.4, -0.2) is 13.2 Å².